The minimum atomic E-state index is -0.432. The molecule has 19 heavy (non-hydrogen) atoms. The van der Waals surface area contributed by atoms with Gasteiger partial charge in [-0.2, -0.15) is 0 Å². The predicted octanol–water partition coefficient (Wildman–Crippen LogP) is 2.74. The number of ether oxygens (including phenoxy) is 3. The molecule has 0 amide bonds. The Morgan fingerprint density at radius 3 is 1.84 bits per heavy atom. The number of nitrogens with zero attached hydrogens (tertiary/aromatic N) is 1. The van der Waals surface area contributed by atoms with Crippen LogP contribution >= 0.6 is 0 Å². The Labute approximate surface area is 111 Å². The second kappa shape index (κ2) is 6.08. The van der Waals surface area contributed by atoms with E-state index in [1.165, 1.54) is 28.3 Å². The highest BCUT2D eigenvalue weighted by Crippen LogP contribution is 2.39. The smallest absolute Gasteiger partial charge is 0.246 e. The molecule has 0 saturated heterocycles. The molecule has 0 aliphatic carbocycles. The van der Waals surface area contributed by atoms with Gasteiger partial charge in [0.15, 0.2) is 0 Å². The van der Waals surface area contributed by atoms with Crippen LogP contribution in [-0.2, 0) is 0 Å². The molecule has 6 nitrogen and oxygen atoms in total. The Hall–Kier alpha value is -2.24. The van der Waals surface area contributed by atoms with Crippen LogP contribution in [0, 0.1) is 10.1 Å². The lowest BCUT2D eigenvalue weighted by atomic mass is 10.0. The van der Waals surface area contributed by atoms with Crippen LogP contribution in [0.4, 0.5) is 0 Å². The van der Waals surface area contributed by atoms with Gasteiger partial charge < -0.3 is 14.2 Å². The molecule has 0 bridgehead atoms. The van der Waals surface area contributed by atoms with Crippen molar-refractivity contribution < 1.29 is 19.1 Å². The number of rotatable bonds is 5. The first-order chi connectivity index (χ1) is 8.96. The van der Waals surface area contributed by atoms with Crippen LogP contribution in [0.15, 0.2) is 17.8 Å². The van der Waals surface area contributed by atoms with Gasteiger partial charge in [-0.1, -0.05) is 0 Å². The second-order valence-electron chi connectivity index (χ2n) is 3.87. The van der Waals surface area contributed by atoms with Crippen molar-refractivity contribution >= 4 is 5.57 Å². The Kier molecular flexibility index (Phi) is 4.74. The molecule has 0 N–H and O–H groups in total. The van der Waals surface area contributed by atoms with Gasteiger partial charge in [0.1, 0.15) is 17.2 Å². The quantitative estimate of drug-likeness (QED) is 0.606. The van der Waals surface area contributed by atoms with Crippen LogP contribution in [0.5, 0.6) is 17.2 Å². The Morgan fingerprint density at radius 1 is 1.05 bits per heavy atom. The predicted molar refractivity (Wildman–Crippen MR) is 71.4 cm³/mol. The first-order valence-electron chi connectivity index (χ1n) is 5.58. The van der Waals surface area contributed by atoms with E-state index in [0.29, 0.717) is 28.4 Å². The highest BCUT2D eigenvalue weighted by molar-refractivity contribution is 5.76. The lowest BCUT2D eigenvalue weighted by Gasteiger charge is -2.15. The Morgan fingerprint density at radius 2 is 1.53 bits per heavy atom. The number of nitro groups is 1. The third-order valence-corrected chi connectivity index (χ3v) is 2.91. The van der Waals surface area contributed by atoms with Gasteiger partial charge in [0.05, 0.1) is 31.8 Å². The molecule has 0 fully saturated rings. The van der Waals surface area contributed by atoms with Crippen molar-refractivity contribution in [3.05, 3.63) is 33.5 Å². The van der Waals surface area contributed by atoms with Crippen LogP contribution in [0.25, 0.3) is 5.57 Å². The molecule has 0 atom stereocenters. The van der Waals surface area contributed by atoms with E-state index in [1.54, 1.807) is 19.1 Å². The summed E-state index contributed by atoms with van der Waals surface area (Å²) in [7, 11) is 4.51. The van der Waals surface area contributed by atoms with Gasteiger partial charge in [-0.3, -0.25) is 10.1 Å². The largest absolute Gasteiger partial charge is 0.496 e. The Bertz CT molecular complexity index is 497. The van der Waals surface area contributed by atoms with E-state index in [0.717, 1.165) is 0 Å². The average molecular weight is 267 g/mol. The third kappa shape index (κ3) is 2.96. The summed E-state index contributed by atoms with van der Waals surface area (Å²) in [6.07, 6.45) is 0. The molecule has 1 aromatic carbocycles. The van der Waals surface area contributed by atoms with Gasteiger partial charge in [-0.25, -0.2) is 0 Å². The van der Waals surface area contributed by atoms with Gasteiger partial charge in [0.2, 0.25) is 5.70 Å². The van der Waals surface area contributed by atoms with E-state index in [4.69, 9.17) is 14.2 Å². The van der Waals surface area contributed by atoms with Gasteiger partial charge in [-0.05, 0) is 6.92 Å². The van der Waals surface area contributed by atoms with Crippen LogP contribution in [0.1, 0.15) is 19.4 Å². The third-order valence-electron chi connectivity index (χ3n) is 2.91. The molecular weight excluding hydrogens is 250 g/mol. The molecule has 0 aromatic heterocycles. The first kappa shape index (κ1) is 14.8. The molecule has 0 heterocycles. The van der Waals surface area contributed by atoms with Crippen molar-refractivity contribution in [2.24, 2.45) is 0 Å². The van der Waals surface area contributed by atoms with E-state index >= 15 is 0 Å². The number of allylic oxidation sites excluding steroid dienone is 2. The van der Waals surface area contributed by atoms with Gasteiger partial charge in [-0.15, -0.1) is 0 Å². The lowest BCUT2D eigenvalue weighted by molar-refractivity contribution is -0.423. The van der Waals surface area contributed by atoms with Crippen molar-refractivity contribution in [1.82, 2.24) is 0 Å². The summed E-state index contributed by atoms with van der Waals surface area (Å²) >= 11 is 0. The number of hydrogen-bond acceptors (Lipinski definition) is 5. The maximum atomic E-state index is 10.9. The summed E-state index contributed by atoms with van der Waals surface area (Å²) in [5, 5.41) is 10.9. The van der Waals surface area contributed by atoms with Crippen molar-refractivity contribution in [1.29, 1.82) is 0 Å². The molecule has 6 heteroatoms. The zero-order chi connectivity index (χ0) is 14.6. The van der Waals surface area contributed by atoms with E-state index in [2.05, 4.69) is 0 Å². The molecule has 0 saturated carbocycles. The fourth-order valence-electron chi connectivity index (χ4n) is 1.69. The van der Waals surface area contributed by atoms with E-state index in [1.807, 2.05) is 0 Å². The maximum absolute atomic E-state index is 10.9. The fraction of sp³-hybridized carbons (Fsp3) is 0.385. The van der Waals surface area contributed by atoms with Crippen molar-refractivity contribution in [2.45, 2.75) is 13.8 Å². The normalized spacial score (nSPS) is 11.6. The number of methoxy groups -OCH3 is 3. The summed E-state index contributed by atoms with van der Waals surface area (Å²) in [5.41, 5.74) is 1.09. The Balaban J connectivity index is 3.57. The lowest BCUT2D eigenvalue weighted by Crippen LogP contribution is -2.02. The van der Waals surface area contributed by atoms with Crippen LogP contribution < -0.4 is 14.2 Å². The van der Waals surface area contributed by atoms with Crippen molar-refractivity contribution in [2.75, 3.05) is 21.3 Å². The van der Waals surface area contributed by atoms with Crippen LogP contribution in [0.3, 0.4) is 0 Å². The SMILES string of the molecule is COc1cc(OC)c(/C(C)=C(\C)[N+](=O)[O-])c(OC)c1. The highest BCUT2D eigenvalue weighted by Gasteiger charge is 2.20. The average Bonchev–Trinajstić information content (AvgIpc) is 2.43. The summed E-state index contributed by atoms with van der Waals surface area (Å²) < 4.78 is 15.7. The minimum absolute atomic E-state index is 0.0433. The monoisotopic (exact) mass is 267 g/mol. The van der Waals surface area contributed by atoms with Crippen LogP contribution in [0.2, 0.25) is 0 Å². The molecular formula is C13H17NO5. The zero-order valence-corrected chi connectivity index (χ0v) is 11.6. The van der Waals surface area contributed by atoms with Crippen molar-refractivity contribution in [3.8, 4) is 17.2 Å². The number of benzene rings is 1. The van der Waals surface area contributed by atoms with Crippen LogP contribution in [-0.4, -0.2) is 26.3 Å². The van der Waals surface area contributed by atoms with Gasteiger partial charge in [0.25, 0.3) is 0 Å². The van der Waals surface area contributed by atoms with E-state index < -0.39 is 4.92 Å². The highest BCUT2D eigenvalue weighted by atomic mass is 16.6. The van der Waals surface area contributed by atoms with Crippen molar-refractivity contribution in [3.63, 3.8) is 0 Å². The summed E-state index contributed by atoms with van der Waals surface area (Å²) in [4.78, 5) is 10.4. The first-order valence-corrected chi connectivity index (χ1v) is 5.58. The van der Waals surface area contributed by atoms with Gasteiger partial charge in [0, 0.05) is 24.6 Å². The second-order valence-corrected chi connectivity index (χ2v) is 3.87. The molecule has 0 aliphatic heterocycles. The summed E-state index contributed by atoms with van der Waals surface area (Å²) in [6.45, 7) is 3.10. The van der Waals surface area contributed by atoms with Gasteiger partial charge >= 0.3 is 0 Å². The number of hydrogen-bond donors (Lipinski definition) is 0. The molecule has 0 unspecified atom stereocenters. The molecule has 1 rings (SSSR count). The molecule has 104 valence electrons. The minimum Gasteiger partial charge on any atom is -0.496 e. The molecule has 0 spiro atoms. The fourth-order valence-corrected chi connectivity index (χ4v) is 1.69. The summed E-state index contributed by atoms with van der Waals surface area (Å²) in [5.74, 6) is 1.49. The van der Waals surface area contributed by atoms with E-state index in [9.17, 15) is 10.1 Å². The molecule has 0 aliphatic rings. The van der Waals surface area contributed by atoms with E-state index in [-0.39, 0.29) is 5.70 Å². The maximum Gasteiger partial charge on any atom is 0.246 e. The zero-order valence-electron chi connectivity index (χ0n) is 11.6. The molecule has 1 aromatic rings. The molecule has 0 radical (unpaired) electrons. The standard InChI is InChI=1S/C13H17NO5/c1-8(9(2)14(15)16)13-11(18-4)6-10(17-3)7-12(13)19-5/h6-7H,1-5H3/b9-8+. The topological polar surface area (TPSA) is 70.8 Å². The summed E-state index contributed by atoms with van der Waals surface area (Å²) in [6, 6.07) is 3.32.